The molecule has 0 spiro atoms. The second kappa shape index (κ2) is 8.63. The highest BCUT2D eigenvalue weighted by Gasteiger charge is 2.40. The Kier molecular flexibility index (Phi) is 6.20. The van der Waals surface area contributed by atoms with Gasteiger partial charge in [0.25, 0.3) is 11.8 Å². The average molecular weight is 410 g/mol. The molecule has 0 radical (unpaired) electrons. The van der Waals surface area contributed by atoms with Crippen molar-refractivity contribution >= 4 is 46.4 Å². The average Bonchev–Trinajstić information content (AvgIpc) is 2.89. The molecule has 0 atom stereocenters. The van der Waals surface area contributed by atoms with Gasteiger partial charge in [0.15, 0.2) is 0 Å². The molecule has 3 amide bonds. The number of amides is 3. The Balaban J connectivity index is 2.03. The molecule has 6 nitrogen and oxygen atoms in total. The van der Waals surface area contributed by atoms with Crippen LogP contribution in [0.15, 0.2) is 47.4 Å². The summed E-state index contributed by atoms with van der Waals surface area (Å²) in [5.74, 6) is -0.668. The van der Waals surface area contributed by atoms with E-state index in [1.807, 2.05) is 19.9 Å². The molecule has 0 saturated heterocycles. The van der Waals surface area contributed by atoms with Gasteiger partial charge in [0.1, 0.15) is 0 Å². The van der Waals surface area contributed by atoms with E-state index in [0.29, 0.717) is 33.2 Å². The summed E-state index contributed by atoms with van der Waals surface area (Å²) in [6, 6.07) is 12.4. The summed E-state index contributed by atoms with van der Waals surface area (Å²) in [5, 5.41) is 11.9. The fraction of sp³-hybridized carbons (Fsp3) is 0.227. The Labute approximate surface area is 173 Å². The van der Waals surface area contributed by atoms with Crippen molar-refractivity contribution in [3.05, 3.63) is 64.1 Å². The largest absolute Gasteiger partial charge is 0.396 e. The first-order valence-corrected chi connectivity index (χ1v) is 10.1. The first-order chi connectivity index (χ1) is 13.8. The maximum Gasteiger partial charge on any atom is 0.272 e. The number of carbonyl (C=O) groups excluding carboxylic acids is 3. The SMILES string of the molecule is CC(=O)Nc1ccc(C2=C(SCCO)C(=O)N(c3cc(C)cc(C)c3)C2=O)cc1. The van der Waals surface area contributed by atoms with E-state index < -0.39 is 5.91 Å². The van der Waals surface area contributed by atoms with Gasteiger partial charge in [-0.1, -0.05) is 18.2 Å². The van der Waals surface area contributed by atoms with E-state index in [2.05, 4.69) is 5.32 Å². The lowest BCUT2D eigenvalue weighted by atomic mass is 10.1. The number of nitrogens with zero attached hydrogens (tertiary/aromatic N) is 1. The number of nitrogens with one attached hydrogen (secondary N) is 1. The van der Waals surface area contributed by atoms with E-state index in [-0.39, 0.29) is 18.4 Å². The molecule has 0 fully saturated rings. The standard InChI is InChI=1S/C22H22N2O4S/c1-13-10-14(2)12-18(11-13)24-21(27)19(20(22(24)28)29-9-8-25)16-4-6-17(7-5-16)23-15(3)26/h4-7,10-12,25H,8-9H2,1-3H3,(H,23,26). The number of anilines is 2. The highest BCUT2D eigenvalue weighted by Crippen LogP contribution is 2.39. The molecule has 3 rings (SSSR count). The summed E-state index contributed by atoms with van der Waals surface area (Å²) >= 11 is 1.17. The van der Waals surface area contributed by atoms with Gasteiger partial charge in [-0.2, -0.15) is 0 Å². The molecular weight excluding hydrogens is 388 g/mol. The van der Waals surface area contributed by atoms with Crippen molar-refractivity contribution in [2.45, 2.75) is 20.8 Å². The Morgan fingerprint density at radius 3 is 2.21 bits per heavy atom. The van der Waals surface area contributed by atoms with Gasteiger partial charge in [-0.3, -0.25) is 14.4 Å². The number of aryl methyl sites for hydroxylation is 2. The van der Waals surface area contributed by atoms with Crippen LogP contribution in [-0.4, -0.2) is 35.2 Å². The maximum absolute atomic E-state index is 13.3. The number of carbonyl (C=O) groups is 3. The van der Waals surface area contributed by atoms with Crippen molar-refractivity contribution in [2.24, 2.45) is 0 Å². The molecule has 0 saturated carbocycles. The molecule has 0 bridgehead atoms. The van der Waals surface area contributed by atoms with Crippen molar-refractivity contribution in [1.82, 2.24) is 0 Å². The van der Waals surface area contributed by atoms with E-state index in [1.54, 1.807) is 36.4 Å². The van der Waals surface area contributed by atoms with Crippen molar-refractivity contribution in [3.63, 3.8) is 0 Å². The third-order valence-corrected chi connectivity index (χ3v) is 5.39. The third-order valence-electron chi connectivity index (χ3n) is 4.34. The summed E-state index contributed by atoms with van der Waals surface area (Å²) in [7, 11) is 0. The minimum absolute atomic E-state index is 0.103. The summed E-state index contributed by atoms with van der Waals surface area (Å²) in [6.45, 7) is 5.14. The van der Waals surface area contributed by atoms with Gasteiger partial charge >= 0.3 is 0 Å². The molecular formula is C22H22N2O4S. The summed E-state index contributed by atoms with van der Waals surface area (Å²) in [4.78, 5) is 39.1. The van der Waals surface area contributed by atoms with Crippen LogP contribution in [0, 0.1) is 13.8 Å². The van der Waals surface area contributed by atoms with Crippen molar-refractivity contribution in [3.8, 4) is 0 Å². The quantitative estimate of drug-likeness (QED) is 0.714. The molecule has 29 heavy (non-hydrogen) atoms. The van der Waals surface area contributed by atoms with Gasteiger partial charge in [-0.15, -0.1) is 11.8 Å². The van der Waals surface area contributed by atoms with E-state index in [9.17, 15) is 19.5 Å². The lowest BCUT2D eigenvalue weighted by Crippen LogP contribution is -2.31. The first kappa shape index (κ1) is 20.8. The molecule has 0 aliphatic carbocycles. The zero-order valence-electron chi connectivity index (χ0n) is 16.5. The van der Waals surface area contributed by atoms with Gasteiger partial charge in [0, 0.05) is 18.4 Å². The second-order valence-corrected chi connectivity index (χ2v) is 7.93. The number of rotatable bonds is 6. The second-order valence-electron chi connectivity index (χ2n) is 6.83. The Bertz CT molecular complexity index is 992. The number of thioether (sulfide) groups is 1. The van der Waals surface area contributed by atoms with Crippen LogP contribution >= 0.6 is 11.8 Å². The van der Waals surface area contributed by atoms with Crippen LogP contribution in [0.25, 0.3) is 5.57 Å². The highest BCUT2D eigenvalue weighted by molar-refractivity contribution is 8.04. The summed E-state index contributed by atoms with van der Waals surface area (Å²) in [6.07, 6.45) is 0. The lowest BCUT2D eigenvalue weighted by molar-refractivity contribution is -0.120. The van der Waals surface area contributed by atoms with Crippen molar-refractivity contribution < 1.29 is 19.5 Å². The van der Waals surface area contributed by atoms with Crippen LogP contribution in [0.5, 0.6) is 0 Å². The van der Waals surface area contributed by atoms with E-state index in [4.69, 9.17) is 0 Å². The number of hydrogen-bond acceptors (Lipinski definition) is 5. The normalized spacial score (nSPS) is 14.0. The minimum atomic E-state index is -0.396. The predicted molar refractivity (Wildman–Crippen MR) is 116 cm³/mol. The molecule has 2 aromatic carbocycles. The van der Waals surface area contributed by atoms with E-state index >= 15 is 0 Å². The van der Waals surface area contributed by atoms with Gasteiger partial charge in [0.2, 0.25) is 5.91 Å². The number of aliphatic hydroxyl groups excluding tert-OH is 1. The number of benzene rings is 2. The number of aliphatic hydroxyl groups is 1. The Hall–Kier alpha value is -2.90. The first-order valence-electron chi connectivity index (χ1n) is 9.15. The molecule has 150 valence electrons. The number of hydrogen-bond donors (Lipinski definition) is 2. The fourth-order valence-electron chi connectivity index (χ4n) is 3.28. The van der Waals surface area contributed by atoms with Crippen LogP contribution in [0.2, 0.25) is 0 Å². The molecule has 1 aliphatic heterocycles. The Morgan fingerprint density at radius 2 is 1.66 bits per heavy atom. The summed E-state index contributed by atoms with van der Waals surface area (Å²) < 4.78 is 0. The zero-order valence-corrected chi connectivity index (χ0v) is 17.3. The molecule has 0 unspecified atom stereocenters. The van der Waals surface area contributed by atoms with E-state index in [0.717, 1.165) is 11.1 Å². The Morgan fingerprint density at radius 1 is 1.03 bits per heavy atom. The molecule has 2 N–H and O–H groups in total. The lowest BCUT2D eigenvalue weighted by Gasteiger charge is -2.16. The van der Waals surface area contributed by atoms with Crippen LogP contribution in [0.4, 0.5) is 11.4 Å². The molecule has 1 aliphatic rings. The number of imide groups is 1. The predicted octanol–water partition coefficient (Wildman–Crippen LogP) is 3.27. The minimum Gasteiger partial charge on any atom is -0.396 e. The van der Waals surface area contributed by atoms with Gasteiger partial charge in [-0.05, 0) is 54.8 Å². The third kappa shape index (κ3) is 4.41. The zero-order chi connectivity index (χ0) is 21.1. The van der Waals surface area contributed by atoms with Crippen molar-refractivity contribution in [2.75, 3.05) is 22.6 Å². The fourth-order valence-corrected chi connectivity index (χ4v) is 4.14. The van der Waals surface area contributed by atoms with E-state index in [1.165, 1.54) is 23.6 Å². The summed E-state index contributed by atoms with van der Waals surface area (Å²) in [5.41, 5.74) is 3.95. The van der Waals surface area contributed by atoms with Crippen LogP contribution in [0.3, 0.4) is 0 Å². The van der Waals surface area contributed by atoms with Gasteiger partial charge in [-0.25, -0.2) is 4.90 Å². The maximum atomic E-state index is 13.3. The molecule has 0 aromatic heterocycles. The van der Waals surface area contributed by atoms with Crippen LogP contribution < -0.4 is 10.2 Å². The van der Waals surface area contributed by atoms with Crippen LogP contribution in [0.1, 0.15) is 23.6 Å². The van der Waals surface area contributed by atoms with Gasteiger partial charge < -0.3 is 10.4 Å². The molecule has 1 heterocycles. The van der Waals surface area contributed by atoms with Crippen molar-refractivity contribution in [1.29, 1.82) is 0 Å². The van der Waals surface area contributed by atoms with Gasteiger partial charge in [0.05, 0.1) is 22.8 Å². The smallest absolute Gasteiger partial charge is 0.272 e. The highest BCUT2D eigenvalue weighted by atomic mass is 32.2. The molecule has 2 aromatic rings. The molecule has 7 heteroatoms. The van der Waals surface area contributed by atoms with Crippen LogP contribution in [-0.2, 0) is 14.4 Å². The monoisotopic (exact) mass is 410 g/mol. The topological polar surface area (TPSA) is 86.7 Å².